The van der Waals surface area contributed by atoms with Gasteiger partial charge >= 0.3 is 0 Å². The van der Waals surface area contributed by atoms with Crippen LogP contribution in [0, 0.1) is 10.8 Å². The number of carbonyl (C=O) groups is 1. The van der Waals surface area contributed by atoms with E-state index in [-0.39, 0.29) is 17.6 Å². The number of carbonyl (C=O) groups excluding carboxylic acids is 1. The summed E-state index contributed by atoms with van der Waals surface area (Å²) in [6.45, 7) is 5.37. The van der Waals surface area contributed by atoms with Crippen LogP contribution >= 0.6 is 0 Å². The van der Waals surface area contributed by atoms with Gasteiger partial charge in [0.2, 0.25) is 0 Å². The van der Waals surface area contributed by atoms with Gasteiger partial charge in [-0.15, -0.1) is 0 Å². The first-order chi connectivity index (χ1) is 17.5. The van der Waals surface area contributed by atoms with Gasteiger partial charge in [-0.3, -0.25) is 15.6 Å². The van der Waals surface area contributed by atoms with E-state index in [1.165, 1.54) is 4.90 Å². The first-order valence-electron chi connectivity index (χ1n) is 11.5. The van der Waals surface area contributed by atoms with Gasteiger partial charge in [-0.1, -0.05) is 36.4 Å². The Bertz CT molecular complexity index is 1370. The monoisotopic (exact) mass is 484 g/mol. The Kier molecular flexibility index (Phi) is 7.76. The summed E-state index contributed by atoms with van der Waals surface area (Å²) in [7, 11) is 0. The number of hydrogen-bond donors (Lipinski definition) is 3. The average Bonchev–Trinajstić information content (AvgIpc) is 3.29. The van der Waals surface area contributed by atoms with E-state index in [0.717, 1.165) is 17.4 Å². The molecule has 3 N–H and O–H groups in total. The molecule has 0 atom stereocenters. The van der Waals surface area contributed by atoms with Crippen LogP contribution in [0.4, 0.5) is 5.82 Å². The molecule has 4 aromatic rings. The van der Waals surface area contributed by atoms with E-state index in [1.807, 2.05) is 48.7 Å². The molecule has 0 fully saturated rings. The average molecular weight is 485 g/mol. The molecule has 0 aliphatic heterocycles. The smallest absolute Gasteiger partial charge is 0.275 e. The van der Waals surface area contributed by atoms with Gasteiger partial charge in [0.15, 0.2) is 5.84 Å². The number of hydrogen-bond acceptors (Lipinski definition) is 7. The zero-order valence-electron chi connectivity index (χ0n) is 20.2. The summed E-state index contributed by atoms with van der Waals surface area (Å²) in [4.78, 5) is 27.4. The van der Waals surface area contributed by atoms with E-state index in [0.29, 0.717) is 36.8 Å². The highest BCUT2D eigenvalue weighted by atomic mass is 16.5. The number of ether oxygens (including phenoxy) is 1. The SMILES string of the molecule is CC(C)N(C=N)C(=N)c1cccc(NC(=O)c2cc3c(cn2)ncn3CCOCc2ccccc2)n1. The van der Waals surface area contributed by atoms with Crippen molar-refractivity contribution in [3.8, 4) is 0 Å². The summed E-state index contributed by atoms with van der Waals surface area (Å²) >= 11 is 0. The molecular weight excluding hydrogens is 456 g/mol. The minimum absolute atomic E-state index is 0.0698. The van der Waals surface area contributed by atoms with Crippen LogP contribution in [0.15, 0.2) is 67.1 Å². The van der Waals surface area contributed by atoms with Gasteiger partial charge in [-0.25, -0.2) is 15.0 Å². The topological polar surface area (TPSA) is 133 Å². The lowest BCUT2D eigenvalue weighted by atomic mass is 10.2. The van der Waals surface area contributed by atoms with Crippen molar-refractivity contribution >= 4 is 34.9 Å². The highest BCUT2D eigenvalue weighted by Gasteiger charge is 2.16. The molecular formula is C26H28N8O2. The normalized spacial score (nSPS) is 11.0. The van der Waals surface area contributed by atoms with E-state index in [9.17, 15) is 4.79 Å². The highest BCUT2D eigenvalue weighted by Crippen LogP contribution is 2.15. The molecule has 184 valence electrons. The number of pyridine rings is 2. The van der Waals surface area contributed by atoms with Crippen molar-refractivity contribution in [1.82, 2.24) is 24.4 Å². The highest BCUT2D eigenvalue weighted by molar-refractivity contribution is 6.05. The number of anilines is 1. The Morgan fingerprint density at radius 1 is 1.14 bits per heavy atom. The molecule has 3 aromatic heterocycles. The fourth-order valence-electron chi connectivity index (χ4n) is 3.61. The molecule has 0 unspecified atom stereocenters. The lowest BCUT2D eigenvalue weighted by Gasteiger charge is -2.23. The molecule has 0 aliphatic rings. The number of nitrogens with zero attached hydrogens (tertiary/aromatic N) is 5. The fourth-order valence-corrected chi connectivity index (χ4v) is 3.61. The molecule has 4 rings (SSSR count). The molecule has 0 saturated carbocycles. The molecule has 0 radical (unpaired) electrons. The Morgan fingerprint density at radius 3 is 2.69 bits per heavy atom. The third kappa shape index (κ3) is 5.78. The van der Waals surface area contributed by atoms with Crippen LogP contribution in [0.25, 0.3) is 11.0 Å². The summed E-state index contributed by atoms with van der Waals surface area (Å²) < 4.78 is 7.71. The van der Waals surface area contributed by atoms with E-state index >= 15 is 0 Å². The Hall–Kier alpha value is -4.44. The molecule has 3 heterocycles. The minimum atomic E-state index is -0.422. The minimum Gasteiger partial charge on any atom is -0.375 e. The molecule has 0 saturated heterocycles. The van der Waals surface area contributed by atoms with Gasteiger partial charge in [0.1, 0.15) is 22.7 Å². The van der Waals surface area contributed by atoms with Crippen molar-refractivity contribution in [1.29, 1.82) is 10.8 Å². The second-order valence-electron chi connectivity index (χ2n) is 8.38. The van der Waals surface area contributed by atoms with Gasteiger partial charge in [0.05, 0.1) is 37.6 Å². The van der Waals surface area contributed by atoms with Crippen molar-refractivity contribution in [2.75, 3.05) is 11.9 Å². The summed E-state index contributed by atoms with van der Waals surface area (Å²) in [5.41, 5.74) is 3.14. The zero-order chi connectivity index (χ0) is 25.5. The van der Waals surface area contributed by atoms with E-state index in [4.69, 9.17) is 15.6 Å². The van der Waals surface area contributed by atoms with Gasteiger partial charge in [0, 0.05) is 12.6 Å². The van der Waals surface area contributed by atoms with Crippen molar-refractivity contribution in [3.05, 3.63) is 84.1 Å². The number of nitrogens with one attached hydrogen (secondary N) is 3. The Balaban J connectivity index is 1.43. The molecule has 0 bridgehead atoms. The maximum atomic E-state index is 12.9. The van der Waals surface area contributed by atoms with E-state index in [2.05, 4.69) is 20.3 Å². The van der Waals surface area contributed by atoms with Crippen LogP contribution in [-0.4, -0.2) is 55.1 Å². The fraction of sp³-hybridized carbons (Fsp3) is 0.231. The maximum absolute atomic E-state index is 12.9. The van der Waals surface area contributed by atoms with Gasteiger partial charge in [0.25, 0.3) is 5.91 Å². The predicted molar refractivity (Wildman–Crippen MR) is 138 cm³/mol. The van der Waals surface area contributed by atoms with Gasteiger partial charge < -0.3 is 19.5 Å². The quantitative estimate of drug-likeness (QED) is 0.177. The van der Waals surface area contributed by atoms with Crippen LogP contribution in [-0.2, 0) is 17.9 Å². The number of benzene rings is 1. The van der Waals surface area contributed by atoms with Gasteiger partial charge in [-0.05, 0) is 37.6 Å². The lowest BCUT2D eigenvalue weighted by molar-refractivity contribution is 0.102. The van der Waals surface area contributed by atoms with Gasteiger partial charge in [-0.2, -0.15) is 0 Å². The summed E-state index contributed by atoms with van der Waals surface area (Å²) in [5.74, 6) is -0.0522. The van der Waals surface area contributed by atoms with Crippen molar-refractivity contribution in [3.63, 3.8) is 0 Å². The van der Waals surface area contributed by atoms with Crippen LogP contribution in [0.2, 0.25) is 0 Å². The third-order valence-electron chi connectivity index (χ3n) is 5.52. The Morgan fingerprint density at radius 2 is 1.94 bits per heavy atom. The second kappa shape index (κ2) is 11.3. The van der Waals surface area contributed by atoms with Crippen LogP contribution in [0.3, 0.4) is 0 Å². The molecule has 0 spiro atoms. The lowest BCUT2D eigenvalue weighted by Crippen LogP contribution is -2.36. The molecule has 0 aliphatic carbocycles. The van der Waals surface area contributed by atoms with Crippen molar-refractivity contribution in [2.24, 2.45) is 0 Å². The van der Waals surface area contributed by atoms with E-state index in [1.54, 1.807) is 36.8 Å². The first-order valence-corrected chi connectivity index (χ1v) is 11.5. The summed E-state index contributed by atoms with van der Waals surface area (Å²) in [5, 5.41) is 18.6. The molecule has 36 heavy (non-hydrogen) atoms. The predicted octanol–water partition coefficient (Wildman–Crippen LogP) is 3.94. The van der Waals surface area contributed by atoms with Crippen LogP contribution in [0.1, 0.15) is 35.6 Å². The van der Waals surface area contributed by atoms with Crippen LogP contribution < -0.4 is 5.32 Å². The summed E-state index contributed by atoms with van der Waals surface area (Å²) in [6.07, 6.45) is 4.37. The Labute approximate surface area is 209 Å². The number of imidazole rings is 1. The van der Waals surface area contributed by atoms with Crippen LogP contribution in [0.5, 0.6) is 0 Å². The number of fused-ring (bicyclic) bond motifs is 1. The molecule has 1 amide bonds. The number of amidine groups is 1. The van der Waals surface area contributed by atoms with Crippen molar-refractivity contribution < 1.29 is 9.53 Å². The number of rotatable bonds is 10. The first kappa shape index (κ1) is 24.7. The maximum Gasteiger partial charge on any atom is 0.275 e. The zero-order valence-corrected chi connectivity index (χ0v) is 20.2. The van der Waals surface area contributed by atoms with Crippen molar-refractivity contribution in [2.45, 2.75) is 33.0 Å². The largest absolute Gasteiger partial charge is 0.375 e. The second-order valence-corrected chi connectivity index (χ2v) is 8.38. The third-order valence-corrected chi connectivity index (χ3v) is 5.52. The molecule has 10 nitrogen and oxygen atoms in total. The summed E-state index contributed by atoms with van der Waals surface area (Å²) in [6, 6.07) is 16.6. The van der Waals surface area contributed by atoms with E-state index < -0.39 is 5.91 Å². The number of aromatic nitrogens is 4. The molecule has 10 heteroatoms. The standard InChI is InChI=1S/C26H28N8O2/c1-18(2)34(16-27)25(28)20-9-6-10-24(31-20)32-26(35)21-13-23-22(14-29-21)30-17-33(23)11-12-36-15-19-7-4-3-5-8-19/h3-10,13-14,16-18,27-28H,11-12,15H2,1-2H3,(H,31,32,35). The molecule has 1 aromatic carbocycles. The number of amides is 1.